The monoisotopic (exact) mass is 391 g/mol. The number of halogens is 3. The van der Waals surface area contributed by atoms with E-state index in [1.807, 2.05) is 5.32 Å². The molecule has 1 aromatic heterocycles. The van der Waals surface area contributed by atoms with Gasteiger partial charge >= 0.3 is 18.2 Å². The van der Waals surface area contributed by atoms with Gasteiger partial charge in [0, 0.05) is 25.2 Å². The summed E-state index contributed by atoms with van der Waals surface area (Å²) in [7, 11) is 0. The van der Waals surface area contributed by atoms with Gasteiger partial charge in [0.05, 0.1) is 12.2 Å². The Balaban J connectivity index is 2.08. The molecule has 0 aliphatic carbocycles. The number of nitrogens with zero attached hydrogens (tertiary/aromatic N) is 2. The molecule has 1 aliphatic heterocycles. The summed E-state index contributed by atoms with van der Waals surface area (Å²) in [5.74, 6) is -1.47. The molecule has 0 saturated carbocycles. The number of anilines is 1. The lowest BCUT2D eigenvalue weighted by Gasteiger charge is -2.24. The molecule has 0 fully saturated rings. The van der Waals surface area contributed by atoms with E-state index < -0.39 is 29.8 Å². The minimum absolute atomic E-state index is 0.0162. The average Bonchev–Trinajstić information content (AvgIpc) is 2.95. The number of hydrogen-bond donors (Lipinski definition) is 3. The van der Waals surface area contributed by atoms with E-state index in [-0.39, 0.29) is 13.0 Å². The van der Waals surface area contributed by atoms with E-state index in [4.69, 9.17) is 4.74 Å². The van der Waals surface area contributed by atoms with Crippen molar-refractivity contribution in [3.63, 3.8) is 0 Å². The van der Waals surface area contributed by atoms with Gasteiger partial charge in [0.2, 0.25) is 0 Å². The van der Waals surface area contributed by atoms with Crippen molar-refractivity contribution in [2.45, 2.75) is 58.0 Å². The Morgan fingerprint density at radius 2 is 2.07 bits per heavy atom. The smallest absolute Gasteiger partial charge is 0.444 e. The summed E-state index contributed by atoms with van der Waals surface area (Å²) < 4.78 is 44.8. The van der Waals surface area contributed by atoms with Crippen molar-refractivity contribution in [2.75, 3.05) is 18.4 Å². The number of nitrogens with one attached hydrogen (secondary N) is 3. The van der Waals surface area contributed by atoms with E-state index >= 15 is 0 Å². The molecule has 2 heterocycles. The van der Waals surface area contributed by atoms with Crippen LogP contribution in [0, 0.1) is 0 Å². The van der Waals surface area contributed by atoms with E-state index in [9.17, 15) is 22.8 Å². The van der Waals surface area contributed by atoms with Crippen LogP contribution in [0.2, 0.25) is 0 Å². The molecular weight excluding hydrogens is 367 g/mol. The van der Waals surface area contributed by atoms with E-state index in [1.54, 1.807) is 25.5 Å². The molecule has 1 aromatic rings. The van der Waals surface area contributed by atoms with Crippen LogP contribution in [0.4, 0.5) is 23.8 Å². The van der Waals surface area contributed by atoms with E-state index in [0.717, 1.165) is 6.42 Å². The molecule has 0 saturated heterocycles. The third kappa shape index (κ3) is 6.04. The molecule has 2 rings (SSSR count). The summed E-state index contributed by atoms with van der Waals surface area (Å²) in [5.41, 5.74) is -0.248. The van der Waals surface area contributed by atoms with Gasteiger partial charge in [-0.2, -0.15) is 18.3 Å². The molecule has 152 valence electrons. The summed E-state index contributed by atoms with van der Waals surface area (Å²) in [6, 6.07) is -0.969. The lowest BCUT2D eigenvalue weighted by molar-refractivity contribution is -0.174. The zero-order valence-electron chi connectivity index (χ0n) is 15.4. The Morgan fingerprint density at radius 3 is 2.70 bits per heavy atom. The Hall–Kier alpha value is -2.46. The first-order valence-electron chi connectivity index (χ1n) is 8.61. The number of alkyl carbamates (subject to hydrolysis) is 1. The molecule has 1 aliphatic rings. The van der Waals surface area contributed by atoms with Crippen molar-refractivity contribution < 1.29 is 27.5 Å². The minimum Gasteiger partial charge on any atom is -0.444 e. The number of carbonyl (C=O) groups is 2. The number of aromatic nitrogens is 2. The molecule has 1 unspecified atom stereocenters. The minimum atomic E-state index is -5.00. The predicted molar refractivity (Wildman–Crippen MR) is 91.1 cm³/mol. The van der Waals surface area contributed by atoms with Crippen LogP contribution in [0.3, 0.4) is 0 Å². The lowest BCUT2D eigenvalue weighted by atomic mass is 10.1. The Bertz CT molecular complexity index is 682. The zero-order valence-corrected chi connectivity index (χ0v) is 15.4. The maximum absolute atomic E-state index is 12.7. The van der Waals surface area contributed by atoms with E-state index in [0.29, 0.717) is 24.5 Å². The van der Waals surface area contributed by atoms with Crippen molar-refractivity contribution in [3.8, 4) is 0 Å². The highest BCUT2D eigenvalue weighted by Gasteiger charge is 2.40. The molecule has 11 heteroatoms. The third-order valence-electron chi connectivity index (χ3n) is 3.75. The Morgan fingerprint density at radius 1 is 1.37 bits per heavy atom. The van der Waals surface area contributed by atoms with Crippen LogP contribution >= 0.6 is 0 Å². The first kappa shape index (κ1) is 20.8. The fourth-order valence-electron chi connectivity index (χ4n) is 2.63. The highest BCUT2D eigenvalue weighted by Crippen LogP contribution is 2.28. The fraction of sp³-hybridized carbons (Fsp3) is 0.688. The average molecular weight is 391 g/mol. The van der Waals surface area contributed by atoms with Gasteiger partial charge in [-0.15, -0.1) is 0 Å². The molecule has 1 atom stereocenters. The van der Waals surface area contributed by atoms with E-state index in [2.05, 4.69) is 15.7 Å². The summed E-state index contributed by atoms with van der Waals surface area (Å²) in [5, 5.41) is 11.7. The molecule has 27 heavy (non-hydrogen) atoms. The van der Waals surface area contributed by atoms with Gasteiger partial charge in [-0.1, -0.05) is 0 Å². The van der Waals surface area contributed by atoms with Crippen LogP contribution in [0.15, 0.2) is 6.20 Å². The van der Waals surface area contributed by atoms with Crippen LogP contribution in [-0.4, -0.2) is 46.6 Å². The van der Waals surface area contributed by atoms with Crippen molar-refractivity contribution in [2.24, 2.45) is 0 Å². The van der Waals surface area contributed by atoms with Crippen LogP contribution < -0.4 is 16.0 Å². The zero-order chi connectivity index (χ0) is 20.2. The number of hydrogen-bond acceptors (Lipinski definition) is 5. The number of fused-ring (bicyclic) bond motifs is 1. The number of alkyl halides is 3. The standard InChI is InChI=1S/C16H24F3N5O3/c1-15(2,3)27-14(26)21-7-5-11(23-13(25)16(17,18)19)10-9-22-24-8-4-6-20-12(10)24/h9,11,20H,4-8H2,1-3H3,(H,21,26)(H,23,25). The predicted octanol–water partition coefficient (Wildman–Crippen LogP) is 2.33. The van der Waals surface area contributed by atoms with E-state index in [1.165, 1.54) is 6.20 Å². The normalized spacial score (nSPS) is 15.3. The Labute approximate surface area is 154 Å². The highest BCUT2D eigenvalue weighted by atomic mass is 19.4. The third-order valence-corrected chi connectivity index (χ3v) is 3.75. The molecular formula is C16H24F3N5O3. The van der Waals surface area contributed by atoms with Crippen LogP contribution in [0.1, 0.15) is 45.2 Å². The summed E-state index contributed by atoms with van der Waals surface area (Å²) in [6.07, 6.45) is -3.37. The highest BCUT2D eigenvalue weighted by molar-refractivity contribution is 5.82. The second kappa shape index (κ2) is 8.05. The van der Waals surface area contributed by atoms with Gasteiger partial charge < -0.3 is 20.7 Å². The number of ether oxygens (including phenoxy) is 1. The quantitative estimate of drug-likeness (QED) is 0.716. The van der Waals surface area contributed by atoms with Crippen LogP contribution in [-0.2, 0) is 16.1 Å². The van der Waals surface area contributed by atoms with Crippen molar-refractivity contribution in [3.05, 3.63) is 11.8 Å². The van der Waals surface area contributed by atoms with Crippen molar-refractivity contribution in [1.29, 1.82) is 0 Å². The van der Waals surface area contributed by atoms with Gasteiger partial charge in [0.25, 0.3) is 0 Å². The molecule has 0 spiro atoms. The topological polar surface area (TPSA) is 97.3 Å². The lowest BCUT2D eigenvalue weighted by Crippen LogP contribution is -2.41. The van der Waals surface area contributed by atoms with Gasteiger partial charge in [0.1, 0.15) is 11.4 Å². The van der Waals surface area contributed by atoms with Gasteiger partial charge in [0.15, 0.2) is 0 Å². The first-order valence-corrected chi connectivity index (χ1v) is 8.61. The molecule has 0 radical (unpaired) electrons. The number of aryl methyl sites for hydroxylation is 1. The molecule has 2 amide bonds. The first-order chi connectivity index (χ1) is 12.5. The van der Waals surface area contributed by atoms with Gasteiger partial charge in [-0.05, 0) is 33.6 Å². The van der Waals surface area contributed by atoms with Crippen LogP contribution in [0.5, 0.6) is 0 Å². The van der Waals surface area contributed by atoms with Gasteiger partial charge in [-0.25, -0.2) is 9.48 Å². The molecule has 0 bridgehead atoms. The summed E-state index contributed by atoms with van der Waals surface area (Å²) in [4.78, 5) is 23.1. The second-order valence-corrected chi connectivity index (χ2v) is 7.19. The summed E-state index contributed by atoms with van der Waals surface area (Å²) >= 11 is 0. The van der Waals surface area contributed by atoms with Gasteiger partial charge in [-0.3, -0.25) is 4.79 Å². The summed E-state index contributed by atoms with van der Waals surface area (Å²) in [6.45, 7) is 6.41. The SMILES string of the molecule is CC(C)(C)OC(=O)NCCC(NC(=O)C(F)(F)F)c1cnn2c1NCCC2. The molecule has 3 N–H and O–H groups in total. The molecule has 8 nitrogen and oxygen atoms in total. The van der Waals surface area contributed by atoms with Crippen molar-refractivity contribution in [1.82, 2.24) is 20.4 Å². The van der Waals surface area contributed by atoms with Crippen LogP contribution in [0.25, 0.3) is 0 Å². The number of carbonyl (C=O) groups excluding carboxylic acids is 2. The van der Waals surface area contributed by atoms with Crippen molar-refractivity contribution >= 4 is 17.8 Å². The second-order valence-electron chi connectivity index (χ2n) is 7.19. The Kier molecular flexibility index (Phi) is 6.22. The number of rotatable bonds is 5. The largest absolute Gasteiger partial charge is 0.471 e. The fourth-order valence-corrected chi connectivity index (χ4v) is 2.63. The maximum atomic E-state index is 12.7. The number of amides is 2. The maximum Gasteiger partial charge on any atom is 0.471 e. The molecule has 0 aromatic carbocycles.